The number of aliphatic hydroxyl groups is 1. The van der Waals surface area contributed by atoms with E-state index in [0.29, 0.717) is 50.2 Å². The zero-order valence-corrected chi connectivity index (χ0v) is 20.5. The van der Waals surface area contributed by atoms with Gasteiger partial charge in [0.25, 0.3) is 0 Å². The molecule has 0 saturated heterocycles. The van der Waals surface area contributed by atoms with Gasteiger partial charge in [-0.1, -0.05) is 48.1 Å². The number of nitrogens with zero attached hydrogens (tertiary/aromatic N) is 4. The van der Waals surface area contributed by atoms with Gasteiger partial charge in [-0.05, 0) is 31.9 Å². The Morgan fingerprint density at radius 3 is 2.52 bits per heavy atom. The van der Waals surface area contributed by atoms with Crippen LogP contribution < -0.4 is 16.4 Å². The SMILES string of the molecule is CCC[C@@H](CCC(N)=O)n1c(Nc2c(Cl)cc(Cl)cc2Cl)nc2cnc(N[C@@H](C)CO)nc21. The molecule has 5 N–H and O–H groups in total. The summed E-state index contributed by atoms with van der Waals surface area (Å²) in [5.41, 5.74) is 6.98. The summed E-state index contributed by atoms with van der Waals surface area (Å²) in [7, 11) is 0. The average molecular weight is 515 g/mol. The molecular formula is C21H26Cl3N7O2. The van der Waals surface area contributed by atoms with E-state index in [-0.39, 0.29) is 31.0 Å². The van der Waals surface area contributed by atoms with Crippen LogP contribution in [0.2, 0.25) is 15.1 Å². The molecule has 0 unspecified atom stereocenters. The number of aromatic nitrogens is 4. The Morgan fingerprint density at radius 1 is 1.21 bits per heavy atom. The molecule has 2 aromatic heterocycles. The van der Waals surface area contributed by atoms with Gasteiger partial charge in [-0.3, -0.25) is 9.36 Å². The van der Waals surface area contributed by atoms with Gasteiger partial charge in [-0.15, -0.1) is 0 Å². The van der Waals surface area contributed by atoms with E-state index >= 15 is 0 Å². The number of hydrogen-bond acceptors (Lipinski definition) is 7. The molecule has 0 bridgehead atoms. The largest absolute Gasteiger partial charge is 0.394 e. The van der Waals surface area contributed by atoms with Crippen molar-refractivity contribution >= 4 is 69.5 Å². The summed E-state index contributed by atoms with van der Waals surface area (Å²) in [6, 6.07) is 2.81. The fraction of sp³-hybridized carbons (Fsp3) is 0.429. The minimum absolute atomic E-state index is 0.0713. The molecular weight excluding hydrogens is 489 g/mol. The number of amides is 1. The second kappa shape index (κ2) is 11.2. The highest BCUT2D eigenvalue weighted by Gasteiger charge is 2.23. The van der Waals surface area contributed by atoms with Crippen LogP contribution in [-0.4, -0.2) is 43.2 Å². The Labute approximate surface area is 206 Å². The van der Waals surface area contributed by atoms with E-state index in [1.54, 1.807) is 18.3 Å². The number of carbonyl (C=O) groups excluding carboxylic acids is 1. The number of imidazole rings is 1. The van der Waals surface area contributed by atoms with E-state index in [4.69, 9.17) is 40.5 Å². The van der Waals surface area contributed by atoms with E-state index < -0.39 is 0 Å². The van der Waals surface area contributed by atoms with Crippen LogP contribution in [0, 0.1) is 0 Å². The molecule has 9 nitrogen and oxygen atoms in total. The Morgan fingerprint density at radius 2 is 1.91 bits per heavy atom. The Kier molecular flexibility index (Phi) is 8.58. The van der Waals surface area contributed by atoms with Gasteiger partial charge in [-0.25, -0.2) is 9.97 Å². The summed E-state index contributed by atoms with van der Waals surface area (Å²) in [6.07, 6.45) is 3.94. The van der Waals surface area contributed by atoms with Crippen molar-refractivity contribution in [2.24, 2.45) is 5.73 Å². The second-order valence-corrected chi connectivity index (χ2v) is 9.00. The number of halogens is 3. The number of aliphatic hydroxyl groups excluding tert-OH is 1. The van der Waals surface area contributed by atoms with Crippen LogP contribution in [0.3, 0.4) is 0 Å². The van der Waals surface area contributed by atoms with Crippen LogP contribution in [0.1, 0.15) is 45.6 Å². The molecule has 0 fully saturated rings. The Hall–Kier alpha value is -2.33. The van der Waals surface area contributed by atoms with Crippen LogP contribution in [0.15, 0.2) is 18.3 Å². The third-order valence-electron chi connectivity index (χ3n) is 5.04. The van der Waals surface area contributed by atoms with Crippen molar-refractivity contribution in [1.29, 1.82) is 0 Å². The normalized spacial score (nSPS) is 13.2. The van der Waals surface area contributed by atoms with Crippen molar-refractivity contribution < 1.29 is 9.90 Å². The molecule has 2 atom stereocenters. The summed E-state index contributed by atoms with van der Waals surface area (Å²) in [6.45, 7) is 3.80. The number of primary amides is 1. The van der Waals surface area contributed by atoms with Gasteiger partial charge in [0.05, 0.1) is 28.5 Å². The average Bonchev–Trinajstić information content (AvgIpc) is 3.10. The number of benzene rings is 1. The minimum Gasteiger partial charge on any atom is -0.394 e. The molecule has 1 aromatic carbocycles. The number of carbonyl (C=O) groups is 1. The first-order valence-corrected chi connectivity index (χ1v) is 11.7. The van der Waals surface area contributed by atoms with Crippen molar-refractivity contribution in [1.82, 2.24) is 19.5 Å². The fourth-order valence-electron chi connectivity index (χ4n) is 3.48. The van der Waals surface area contributed by atoms with Gasteiger partial charge in [0.2, 0.25) is 17.8 Å². The van der Waals surface area contributed by atoms with Crippen molar-refractivity contribution in [3.05, 3.63) is 33.4 Å². The molecule has 0 saturated carbocycles. The molecule has 0 aliphatic carbocycles. The predicted molar refractivity (Wildman–Crippen MR) is 133 cm³/mol. The molecule has 178 valence electrons. The van der Waals surface area contributed by atoms with Gasteiger partial charge in [0.1, 0.15) is 5.52 Å². The number of hydrogen-bond donors (Lipinski definition) is 4. The summed E-state index contributed by atoms with van der Waals surface area (Å²) < 4.78 is 1.92. The lowest BCUT2D eigenvalue weighted by atomic mass is 10.1. The summed E-state index contributed by atoms with van der Waals surface area (Å²) in [5, 5.41) is 16.7. The lowest BCUT2D eigenvalue weighted by Gasteiger charge is -2.21. The van der Waals surface area contributed by atoms with E-state index in [9.17, 15) is 9.90 Å². The van der Waals surface area contributed by atoms with Crippen molar-refractivity contribution in [2.45, 2.75) is 51.6 Å². The van der Waals surface area contributed by atoms with E-state index in [1.807, 2.05) is 11.5 Å². The molecule has 2 heterocycles. The van der Waals surface area contributed by atoms with Crippen LogP contribution in [0.4, 0.5) is 17.6 Å². The highest BCUT2D eigenvalue weighted by atomic mass is 35.5. The first kappa shape index (κ1) is 25.3. The van der Waals surface area contributed by atoms with Crippen LogP contribution in [0.5, 0.6) is 0 Å². The van der Waals surface area contributed by atoms with E-state index in [0.717, 1.165) is 12.8 Å². The molecule has 12 heteroatoms. The fourth-order valence-corrected chi connectivity index (χ4v) is 4.39. The summed E-state index contributed by atoms with van der Waals surface area (Å²) in [5.74, 6) is 0.415. The molecule has 0 radical (unpaired) electrons. The topological polar surface area (TPSA) is 131 Å². The van der Waals surface area contributed by atoms with Crippen molar-refractivity contribution in [2.75, 3.05) is 17.2 Å². The Balaban J connectivity index is 2.14. The van der Waals surface area contributed by atoms with Crippen LogP contribution >= 0.6 is 34.8 Å². The third kappa shape index (κ3) is 6.17. The van der Waals surface area contributed by atoms with Gasteiger partial charge in [0.15, 0.2) is 5.65 Å². The number of anilines is 3. The van der Waals surface area contributed by atoms with Crippen molar-refractivity contribution in [3.63, 3.8) is 0 Å². The highest BCUT2D eigenvalue weighted by Crippen LogP contribution is 2.38. The summed E-state index contributed by atoms with van der Waals surface area (Å²) in [4.78, 5) is 25.1. The first-order valence-electron chi connectivity index (χ1n) is 10.6. The maximum atomic E-state index is 11.5. The predicted octanol–water partition coefficient (Wildman–Crippen LogP) is 4.93. The second-order valence-electron chi connectivity index (χ2n) is 7.75. The van der Waals surface area contributed by atoms with Gasteiger partial charge in [0, 0.05) is 23.5 Å². The van der Waals surface area contributed by atoms with E-state index in [1.165, 1.54) is 0 Å². The zero-order valence-electron chi connectivity index (χ0n) is 18.3. The molecule has 1 amide bonds. The molecule has 0 aliphatic heterocycles. The lowest BCUT2D eigenvalue weighted by Crippen LogP contribution is -2.21. The standard InChI is InChI=1S/C21H26Cl3N7O2/c1-3-4-13(5-6-17(25)33)31-19-16(9-26-20(30-19)27-11(2)10-32)28-21(31)29-18-14(23)7-12(22)8-15(18)24/h7-9,11,13,32H,3-6,10H2,1-2H3,(H2,25,33)(H,28,29)(H,26,27,30)/t11-,13-/m0/s1. The number of rotatable bonds is 11. The van der Waals surface area contributed by atoms with Crippen molar-refractivity contribution in [3.8, 4) is 0 Å². The molecule has 0 spiro atoms. The maximum absolute atomic E-state index is 11.5. The number of nitrogens with one attached hydrogen (secondary N) is 2. The van der Waals surface area contributed by atoms with Gasteiger partial charge in [-0.2, -0.15) is 4.98 Å². The lowest BCUT2D eigenvalue weighted by molar-refractivity contribution is -0.118. The smallest absolute Gasteiger partial charge is 0.225 e. The molecule has 3 rings (SSSR count). The molecule has 33 heavy (non-hydrogen) atoms. The number of fused-ring (bicyclic) bond motifs is 1. The summed E-state index contributed by atoms with van der Waals surface area (Å²) >= 11 is 18.8. The molecule has 0 aliphatic rings. The quantitative estimate of drug-likeness (QED) is 0.285. The highest BCUT2D eigenvalue weighted by molar-refractivity contribution is 6.41. The first-order chi connectivity index (χ1) is 15.7. The van der Waals surface area contributed by atoms with Gasteiger partial charge >= 0.3 is 0 Å². The van der Waals surface area contributed by atoms with Crippen LogP contribution in [-0.2, 0) is 4.79 Å². The number of nitrogens with two attached hydrogens (primary N) is 1. The zero-order chi connectivity index (χ0) is 24.1. The molecule has 3 aromatic rings. The monoisotopic (exact) mass is 513 g/mol. The van der Waals surface area contributed by atoms with Gasteiger partial charge < -0.3 is 21.5 Å². The van der Waals surface area contributed by atoms with Crippen LogP contribution in [0.25, 0.3) is 11.2 Å². The maximum Gasteiger partial charge on any atom is 0.225 e. The minimum atomic E-state index is -0.382. The third-order valence-corrected chi connectivity index (χ3v) is 5.85. The Bertz CT molecular complexity index is 1120. The van der Waals surface area contributed by atoms with E-state index in [2.05, 4.69) is 32.5 Å².